The molecule has 12 heavy (non-hydrogen) atoms. The number of aromatic amines is 1. The Morgan fingerprint density at radius 2 is 2.17 bits per heavy atom. The van der Waals surface area contributed by atoms with Gasteiger partial charge in [0.15, 0.2) is 0 Å². The summed E-state index contributed by atoms with van der Waals surface area (Å²) in [6.07, 6.45) is 2.09. The maximum Gasteiger partial charge on any atom is 0.217 e. The number of hydrogen-bond acceptors (Lipinski definition) is 3. The van der Waals surface area contributed by atoms with Gasteiger partial charge in [-0.15, -0.1) is 5.10 Å². The summed E-state index contributed by atoms with van der Waals surface area (Å²) in [5, 5.41) is 6.84. The van der Waals surface area contributed by atoms with Gasteiger partial charge in [0.05, 0.1) is 0 Å². The maximum atomic E-state index is 5.25. The third-order valence-corrected chi connectivity index (χ3v) is 2.44. The van der Waals surface area contributed by atoms with Crippen molar-refractivity contribution < 1.29 is 4.74 Å². The third-order valence-electron chi connectivity index (χ3n) is 2.08. The highest BCUT2D eigenvalue weighted by molar-refractivity contribution is 9.10. The normalized spacial score (nSPS) is 19.8. The van der Waals surface area contributed by atoms with Gasteiger partial charge in [0.2, 0.25) is 4.73 Å². The summed E-state index contributed by atoms with van der Waals surface area (Å²) < 4.78 is 5.90. The summed E-state index contributed by atoms with van der Waals surface area (Å²) in [5.74, 6) is 1.47. The lowest BCUT2D eigenvalue weighted by Gasteiger charge is -2.19. The van der Waals surface area contributed by atoms with Crippen LogP contribution in [-0.2, 0) is 4.74 Å². The highest BCUT2D eigenvalue weighted by Gasteiger charge is 2.18. The van der Waals surface area contributed by atoms with Gasteiger partial charge < -0.3 is 4.74 Å². The Labute approximate surface area is 78.8 Å². The van der Waals surface area contributed by atoms with Crippen LogP contribution in [0.3, 0.4) is 0 Å². The van der Waals surface area contributed by atoms with Crippen molar-refractivity contribution in [1.29, 1.82) is 0 Å². The zero-order valence-electron chi connectivity index (χ0n) is 6.59. The summed E-state index contributed by atoms with van der Waals surface area (Å²) in [7, 11) is 0. The van der Waals surface area contributed by atoms with E-state index in [0.29, 0.717) is 10.7 Å². The number of H-pyrrole nitrogens is 1. The molecule has 1 saturated heterocycles. The molecule has 0 aliphatic carbocycles. The standard InChI is InChI=1S/C7H10BrN3O/c8-7-9-6(10-11-7)5-1-3-12-4-2-5/h5H,1-4H2,(H,9,10,11). The first-order chi connectivity index (χ1) is 5.86. The minimum absolute atomic E-state index is 0.498. The van der Waals surface area contributed by atoms with Crippen LogP contribution in [0.25, 0.3) is 0 Å². The summed E-state index contributed by atoms with van der Waals surface area (Å²) in [4.78, 5) is 4.23. The van der Waals surface area contributed by atoms with Gasteiger partial charge in [0.25, 0.3) is 0 Å². The highest BCUT2D eigenvalue weighted by Crippen LogP contribution is 2.24. The largest absolute Gasteiger partial charge is 0.381 e. The topological polar surface area (TPSA) is 50.8 Å². The number of ether oxygens (including phenoxy) is 1. The molecular formula is C7H10BrN3O. The first kappa shape index (κ1) is 8.19. The zero-order chi connectivity index (χ0) is 8.39. The van der Waals surface area contributed by atoms with E-state index in [4.69, 9.17) is 4.74 Å². The predicted molar refractivity (Wildman–Crippen MR) is 46.9 cm³/mol. The molecule has 2 rings (SSSR count). The lowest BCUT2D eigenvalue weighted by atomic mass is 10.00. The van der Waals surface area contributed by atoms with Crippen molar-refractivity contribution in [3.63, 3.8) is 0 Å². The molecule has 0 saturated carbocycles. The molecule has 0 spiro atoms. The lowest BCUT2D eigenvalue weighted by molar-refractivity contribution is 0.0836. The van der Waals surface area contributed by atoms with E-state index in [-0.39, 0.29) is 0 Å². The van der Waals surface area contributed by atoms with E-state index in [1.165, 1.54) is 0 Å². The fourth-order valence-corrected chi connectivity index (χ4v) is 1.69. The second-order valence-electron chi connectivity index (χ2n) is 2.88. The van der Waals surface area contributed by atoms with Gasteiger partial charge in [0, 0.05) is 19.1 Å². The van der Waals surface area contributed by atoms with Crippen molar-refractivity contribution in [3.8, 4) is 0 Å². The van der Waals surface area contributed by atoms with E-state index in [9.17, 15) is 0 Å². The third kappa shape index (κ3) is 1.67. The number of hydrogen-bond donors (Lipinski definition) is 1. The molecule has 5 heteroatoms. The SMILES string of the molecule is Brc1n[nH]c(C2CCOCC2)n1. The van der Waals surface area contributed by atoms with Gasteiger partial charge in [-0.1, -0.05) is 0 Å². The van der Waals surface area contributed by atoms with Gasteiger partial charge in [-0.05, 0) is 28.8 Å². The van der Waals surface area contributed by atoms with E-state index in [1.54, 1.807) is 0 Å². The molecule has 1 N–H and O–H groups in total. The highest BCUT2D eigenvalue weighted by atomic mass is 79.9. The van der Waals surface area contributed by atoms with Gasteiger partial charge in [0.1, 0.15) is 5.82 Å². The number of nitrogens with zero attached hydrogens (tertiary/aromatic N) is 2. The van der Waals surface area contributed by atoms with E-state index < -0.39 is 0 Å². The molecule has 1 aromatic rings. The van der Waals surface area contributed by atoms with E-state index in [1.807, 2.05) is 0 Å². The van der Waals surface area contributed by atoms with Crippen molar-refractivity contribution in [3.05, 3.63) is 10.6 Å². The molecule has 0 amide bonds. The van der Waals surface area contributed by atoms with Crippen LogP contribution in [-0.4, -0.2) is 28.4 Å². The van der Waals surface area contributed by atoms with Gasteiger partial charge in [-0.25, -0.2) is 4.98 Å². The van der Waals surface area contributed by atoms with Crippen LogP contribution in [0.15, 0.2) is 4.73 Å². The van der Waals surface area contributed by atoms with Crippen molar-refractivity contribution in [2.75, 3.05) is 13.2 Å². The smallest absolute Gasteiger partial charge is 0.217 e. The maximum absolute atomic E-state index is 5.25. The average molecular weight is 232 g/mol. The molecule has 66 valence electrons. The van der Waals surface area contributed by atoms with Gasteiger partial charge in [-0.3, -0.25) is 5.10 Å². The second kappa shape index (κ2) is 3.53. The number of aromatic nitrogens is 3. The molecule has 0 aromatic carbocycles. The summed E-state index contributed by atoms with van der Waals surface area (Å²) >= 11 is 3.21. The van der Waals surface area contributed by atoms with Crippen LogP contribution in [0.1, 0.15) is 24.6 Å². The average Bonchev–Trinajstić information content (AvgIpc) is 2.54. The van der Waals surface area contributed by atoms with E-state index >= 15 is 0 Å². The first-order valence-corrected chi connectivity index (χ1v) is 4.81. The molecule has 2 heterocycles. The Kier molecular flexibility index (Phi) is 2.41. The van der Waals surface area contributed by atoms with Crippen LogP contribution in [0.2, 0.25) is 0 Å². The van der Waals surface area contributed by atoms with Crippen molar-refractivity contribution in [1.82, 2.24) is 15.2 Å². The summed E-state index contributed by atoms with van der Waals surface area (Å²) in [5.41, 5.74) is 0. The quantitative estimate of drug-likeness (QED) is 0.797. The molecule has 1 aliphatic heterocycles. The molecule has 4 nitrogen and oxygen atoms in total. The van der Waals surface area contributed by atoms with Gasteiger partial charge >= 0.3 is 0 Å². The zero-order valence-corrected chi connectivity index (χ0v) is 8.17. The second-order valence-corrected chi connectivity index (χ2v) is 3.59. The fourth-order valence-electron chi connectivity index (χ4n) is 1.41. The fraction of sp³-hybridized carbons (Fsp3) is 0.714. The van der Waals surface area contributed by atoms with E-state index in [2.05, 4.69) is 31.1 Å². The Hall–Kier alpha value is -0.420. The molecule has 0 bridgehead atoms. The first-order valence-electron chi connectivity index (χ1n) is 4.02. The number of halogens is 1. The molecule has 0 atom stereocenters. The Bertz CT molecular complexity index is 257. The molecule has 1 fully saturated rings. The number of nitrogens with one attached hydrogen (secondary N) is 1. The van der Waals surface area contributed by atoms with Gasteiger partial charge in [-0.2, -0.15) is 0 Å². The Morgan fingerprint density at radius 1 is 1.42 bits per heavy atom. The van der Waals surface area contributed by atoms with Crippen LogP contribution < -0.4 is 0 Å². The van der Waals surface area contributed by atoms with Crippen molar-refractivity contribution in [2.45, 2.75) is 18.8 Å². The molecule has 1 aliphatic rings. The van der Waals surface area contributed by atoms with Crippen LogP contribution in [0, 0.1) is 0 Å². The molecule has 0 radical (unpaired) electrons. The van der Waals surface area contributed by atoms with Crippen LogP contribution in [0.5, 0.6) is 0 Å². The Balaban J connectivity index is 2.08. The lowest BCUT2D eigenvalue weighted by Crippen LogP contribution is -2.15. The summed E-state index contributed by atoms with van der Waals surface area (Å²) in [6, 6.07) is 0. The molecular weight excluding hydrogens is 222 g/mol. The Morgan fingerprint density at radius 3 is 2.75 bits per heavy atom. The van der Waals surface area contributed by atoms with Crippen LogP contribution >= 0.6 is 15.9 Å². The predicted octanol–water partition coefficient (Wildman–Crippen LogP) is 1.46. The van der Waals surface area contributed by atoms with Crippen molar-refractivity contribution >= 4 is 15.9 Å². The van der Waals surface area contributed by atoms with Crippen molar-refractivity contribution in [2.24, 2.45) is 0 Å². The minimum atomic E-state index is 0.498. The number of rotatable bonds is 1. The van der Waals surface area contributed by atoms with Crippen LogP contribution in [0.4, 0.5) is 0 Å². The molecule has 0 unspecified atom stereocenters. The molecule has 1 aromatic heterocycles. The van der Waals surface area contributed by atoms with E-state index in [0.717, 1.165) is 31.9 Å². The minimum Gasteiger partial charge on any atom is -0.381 e. The monoisotopic (exact) mass is 231 g/mol. The summed E-state index contributed by atoms with van der Waals surface area (Å²) in [6.45, 7) is 1.67.